The molecule has 2 aromatic rings. The van der Waals surface area contributed by atoms with Gasteiger partial charge in [0.05, 0.1) is 25.5 Å². The average Bonchev–Trinajstić information content (AvgIpc) is 3.11. The van der Waals surface area contributed by atoms with Crippen LogP contribution in [0.25, 0.3) is 0 Å². The number of furan rings is 1. The predicted octanol–water partition coefficient (Wildman–Crippen LogP) is 1.47. The largest absolute Gasteiger partial charge is 0.497 e. The van der Waals surface area contributed by atoms with E-state index in [4.69, 9.17) is 13.9 Å². The van der Waals surface area contributed by atoms with Gasteiger partial charge in [-0.2, -0.15) is 0 Å². The smallest absolute Gasteiger partial charge is 0.338 e. The fraction of sp³-hybridized carbons (Fsp3) is 0.188. The van der Waals surface area contributed by atoms with Crippen molar-refractivity contribution in [3.63, 3.8) is 0 Å². The molecule has 0 spiro atoms. The van der Waals surface area contributed by atoms with Crippen LogP contribution in [-0.4, -0.2) is 31.6 Å². The summed E-state index contributed by atoms with van der Waals surface area (Å²) in [5.74, 6) is -0.279. The quantitative estimate of drug-likeness (QED) is 0.776. The molecular formula is C16H16N2O6. The van der Waals surface area contributed by atoms with E-state index in [1.54, 1.807) is 24.3 Å². The van der Waals surface area contributed by atoms with Crippen molar-refractivity contribution in [2.45, 2.75) is 6.54 Å². The number of amides is 3. The molecule has 1 heterocycles. The van der Waals surface area contributed by atoms with Crippen LogP contribution in [0.2, 0.25) is 0 Å². The van der Waals surface area contributed by atoms with E-state index in [2.05, 4.69) is 5.32 Å². The Kier molecular flexibility index (Phi) is 5.95. The molecule has 0 aliphatic carbocycles. The second-order valence-corrected chi connectivity index (χ2v) is 4.61. The Hall–Kier alpha value is -3.29. The maximum absolute atomic E-state index is 11.8. The maximum atomic E-state index is 11.8. The summed E-state index contributed by atoms with van der Waals surface area (Å²) in [5, 5.41) is 4.47. The van der Waals surface area contributed by atoms with E-state index in [9.17, 15) is 14.4 Å². The molecule has 8 nitrogen and oxygen atoms in total. The minimum absolute atomic E-state index is 0.137. The van der Waals surface area contributed by atoms with E-state index >= 15 is 0 Å². The van der Waals surface area contributed by atoms with Gasteiger partial charge in [0, 0.05) is 0 Å². The minimum atomic E-state index is -0.742. The van der Waals surface area contributed by atoms with Crippen molar-refractivity contribution in [2.75, 3.05) is 13.7 Å². The first kappa shape index (κ1) is 17.1. The van der Waals surface area contributed by atoms with Gasteiger partial charge in [-0.1, -0.05) is 0 Å². The molecule has 2 rings (SSSR count). The molecule has 126 valence electrons. The predicted molar refractivity (Wildman–Crippen MR) is 82.4 cm³/mol. The highest BCUT2D eigenvalue weighted by molar-refractivity contribution is 5.97. The van der Waals surface area contributed by atoms with Gasteiger partial charge in [0.15, 0.2) is 6.61 Å². The Labute approximate surface area is 137 Å². The van der Waals surface area contributed by atoms with Gasteiger partial charge >= 0.3 is 12.0 Å². The molecule has 2 N–H and O–H groups in total. The summed E-state index contributed by atoms with van der Waals surface area (Å²) in [4.78, 5) is 34.8. The summed E-state index contributed by atoms with van der Waals surface area (Å²) < 4.78 is 14.8. The summed E-state index contributed by atoms with van der Waals surface area (Å²) in [6.07, 6.45) is 1.47. The van der Waals surface area contributed by atoms with Crippen molar-refractivity contribution in [1.82, 2.24) is 10.6 Å². The molecule has 0 atom stereocenters. The van der Waals surface area contributed by atoms with Crippen LogP contribution in [0.4, 0.5) is 4.79 Å². The van der Waals surface area contributed by atoms with Gasteiger partial charge in [-0.25, -0.2) is 9.59 Å². The molecule has 8 heteroatoms. The summed E-state index contributed by atoms with van der Waals surface area (Å²) in [6.45, 7) is -0.434. The number of rotatable bonds is 6. The molecule has 24 heavy (non-hydrogen) atoms. The van der Waals surface area contributed by atoms with Crippen molar-refractivity contribution in [3.05, 3.63) is 54.0 Å². The Bertz CT molecular complexity index is 694. The zero-order chi connectivity index (χ0) is 17.4. The lowest BCUT2D eigenvalue weighted by Gasteiger charge is -2.07. The summed E-state index contributed by atoms with van der Waals surface area (Å²) >= 11 is 0. The molecule has 0 bridgehead atoms. The van der Waals surface area contributed by atoms with Crippen LogP contribution in [-0.2, 0) is 16.1 Å². The molecule has 0 fully saturated rings. The summed E-state index contributed by atoms with van der Waals surface area (Å²) in [7, 11) is 1.51. The van der Waals surface area contributed by atoms with Gasteiger partial charge in [0.2, 0.25) is 0 Å². The second kappa shape index (κ2) is 8.37. The molecule has 0 aliphatic rings. The zero-order valence-electron chi connectivity index (χ0n) is 12.9. The number of benzene rings is 1. The Morgan fingerprint density at radius 1 is 1.12 bits per heavy atom. The Balaban J connectivity index is 1.71. The molecule has 0 radical (unpaired) electrons. The number of imide groups is 1. The van der Waals surface area contributed by atoms with Crippen LogP contribution < -0.4 is 15.4 Å². The van der Waals surface area contributed by atoms with Crippen molar-refractivity contribution >= 4 is 17.9 Å². The van der Waals surface area contributed by atoms with E-state index in [1.807, 2.05) is 5.32 Å². The lowest BCUT2D eigenvalue weighted by Crippen LogP contribution is -2.41. The van der Waals surface area contributed by atoms with E-state index in [0.29, 0.717) is 11.5 Å². The number of hydrogen-bond acceptors (Lipinski definition) is 6. The third-order valence-corrected chi connectivity index (χ3v) is 2.92. The third-order valence-electron chi connectivity index (χ3n) is 2.92. The van der Waals surface area contributed by atoms with Crippen molar-refractivity contribution in [2.24, 2.45) is 0 Å². The normalized spacial score (nSPS) is 9.88. The van der Waals surface area contributed by atoms with E-state index < -0.39 is 24.5 Å². The molecular weight excluding hydrogens is 316 g/mol. The van der Waals surface area contributed by atoms with Gasteiger partial charge in [0.25, 0.3) is 5.91 Å². The van der Waals surface area contributed by atoms with Crippen LogP contribution in [0.5, 0.6) is 5.75 Å². The third kappa shape index (κ3) is 5.16. The maximum Gasteiger partial charge on any atom is 0.338 e. The van der Waals surface area contributed by atoms with Gasteiger partial charge in [-0.15, -0.1) is 0 Å². The van der Waals surface area contributed by atoms with Crippen LogP contribution in [0.3, 0.4) is 0 Å². The van der Waals surface area contributed by atoms with Crippen LogP contribution in [0.1, 0.15) is 16.1 Å². The van der Waals surface area contributed by atoms with Crippen molar-refractivity contribution in [1.29, 1.82) is 0 Å². The number of hydrogen-bond donors (Lipinski definition) is 2. The van der Waals surface area contributed by atoms with Crippen LogP contribution in [0.15, 0.2) is 47.1 Å². The van der Waals surface area contributed by atoms with Crippen LogP contribution in [0, 0.1) is 0 Å². The van der Waals surface area contributed by atoms with E-state index in [-0.39, 0.29) is 12.1 Å². The molecule has 1 aromatic carbocycles. The topological polar surface area (TPSA) is 107 Å². The second-order valence-electron chi connectivity index (χ2n) is 4.61. The molecule has 0 aliphatic heterocycles. The fourth-order valence-electron chi connectivity index (χ4n) is 1.73. The minimum Gasteiger partial charge on any atom is -0.497 e. The number of methoxy groups -OCH3 is 1. The Morgan fingerprint density at radius 3 is 2.50 bits per heavy atom. The number of nitrogens with one attached hydrogen (secondary N) is 2. The number of urea groups is 1. The molecule has 0 saturated heterocycles. The van der Waals surface area contributed by atoms with Gasteiger partial charge in [-0.3, -0.25) is 10.1 Å². The lowest BCUT2D eigenvalue weighted by atomic mass is 10.2. The van der Waals surface area contributed by atoms with Crippen molar-refractivity contribution < 1.29 is 28.3 Å². The molecule has 0 unspecified atom stereocenters. The van der Waals surface area contributed by atoms with E-state index in [0.717, 1.165) is 0 Å². The average molecular weight is 332 g/mol. The number of carbonyl (C=O) groups excluding carboxylic acids is 3. The molecule has 1 aromatic heterocycles. The molecule has 0 saturated carbocycles. The van der Waals surface area contributed by atoms with Crippen molar-refractivity contribution in [3.8, 4) is 5.75 Å². The van der Waals surface area contributed by atoms with Crippen LogP contribution >= 0.6 is 0 Å². The first-order chi connectivity index (χ1) is 11.6. The summed E-state index contributed by atoms with van der Waals surface area (Å²) in [6, 6.07) is 8.86. The van der Waals surface area contributed by atoms with E-state index in [1.165, 1.54) is 25.5 Å². The number of ether oxygens (including phenoxy) is 2. The molecule has 3 amide bonds. The highest BCUT2D eigenvalue weighted by Crippen LogP contribution is 2.11. The number of carbonyl (C=O) groups is 3. The van der Waals surface area contributed by atoms with Gasteiger partial charge in [0.1, 0.15) is 11.5 Å². The lowest BCUT2D eigenvalue weighted by molar-refractivity contribution is -0.123. The first-order valence-electron chi connectivity index (χ1n) is 6.99. The summed E-state index contributed by atoms with van der Waals surface area (Å²) in [5.41, 5.74) is 0.269. The fourth-order valence-corrected chi connectivity index (χ4v) is 1.73. The SMILES string of the molecule is COc1ccc(C(=O)OCC(=O)NC(=O)NCc2ccco2)cc1. The standard InChI is InChI=1S/C16H16N2O6/c1-22-12-6-4-11(5-7-12)15(20)24-10-14(19)18-16(21)17-9-13-3-2-8-23-13/h2-8H,9-10H2,1H3,(H2,17,18,19,21). The highest BCUT2D eigenvalue weighted by Gasteiger charge is 2.12. The van der Waals surface area contributed by atoms with Gasteiger partial charge < -0.3 is 19.2 Å². The monoisotopic (exact) mass is 332 g/mol. The van der Waals surface area contributed by atoms with Gasteiger partial charge in [-0.05, 0) is 36.4 Å². The zero-order valence-corrected chi connectivity index (χ0v) is 12.9. The highest BCUT2D eigenvalue weighted by atomic mass is 16.5. The Morgan fingerprint density at radius 2 is 1.88 bits per heavy atom. The first-order valence-corrected chi connectivity index (χ1v) is 6.99. The number of esters is 1.